The van der Waals surface area contributed by atoms with Gasteiger partial charge in [0.25, 0.3) is 0 Å². The molecule has 0 atom stereocenters. The van der Waals surface area contributed by atoms with E-state index in [-0.39, 0.29) is 5.97 Å². The summed E-state index contributed by atoms with van der Waals surface area (Å²) in [6.45, 7) is 4.02. The Morgan fingerprint density at radius 2 is 1.32 bits per heavy atom. The third kappa shape index (κ3) is 18.2. The van der Waals surface area contributed by atoms with Crippen LogP contribution in [0.1, 0.15) is 52.4 Å². The fraction of sp³-hybridized carbons (Fsp3) is 0.450. The van der Waals surface area contributed by atoms with Gasteiger partial charge in [-0.05, 0) is 26.2 Å². The van der Waals surface area contributed by atoms with Crippen molar-refractivity contribution in [2.75, 3.05) is 6.61 Å². The maximum absolute atomic E-state index is 10.6. The number of allylic oxidation sites excluding steroid dienone is 10. The molecule has 0 saturated heterocycles. The Morgan fingerprint density at radius 1 is 0.773 bits per heavy atom. The lowest BCUT2D eigenvalue weighted by Crippen LogP contribution is -1.99. The van der Waals surface area contributed by atoms with Crippen molar-refractivity contribution in [3.05, 3.63) is 60.8 Å². The van der Waals surface area contributed by atoms with Crippen molar-refractivity contribution < 1.29 is 9.53 Å². The first-order valence-corrected chi connectivity index (χ1v) is 8.18. The number of unbranched alkanes of at least 4 members (excludes halogenated alkanes) is 5. The van der Waals surface area contributed by atoms with Gasteiger partial charge in [0.1, 0.15) is 0 Å². The smallest absolute Gasteiger partial charge is 0.302 e. The van der Waals surface area contributed by atoms with Gasteiger partial charge in [-0.3, -0.25) is 4.79 Å². The minimum atomic E-state index is -0.179. The highest BCUT2D eigenvalue weighted by molar-refractivity contribution is 5.65. The summed E-state index contributed by atoms with van der Waals surface area (Å²) < 4.78 is 4.89. The molecule has 0 aliphatic rings. The Labute approximate surface area is 136 Å². The van der Waals surface area contributed by atoms with Gasteiger partial charge in [0.15, 0.2) is 0 Å². The summed E-state index contributed by atoms with van der Waals surface area (Å²) in [7, 11) is 0. The van der Waals surface area contributed by atoms with Gasteiger partial charge in [0.05, 0.1) is 6.61 Å². The van der Waals surface area contributed by atoms with Gasteiger partial charge in [-0.25, -0.2) is 0 Å². The molecule has 0 amide bonds. The first-order valence-electron chi connectivity index (χ1n) is 8.18. The zero-order valence-corrected chi connectivity index (χ0v) is 14.0. The first-order chi connectivity index (χ1) is 10.8. The number of carbonyl (C=O) groups excluding carboxylic acids is 1. The van der Waals surface area contributed by atoms with Crippen molar-refractivity contribution >= 4 is 5.97 Å². The van der Waals surface area contributed by atoms with Gasteiger partial charge in [-0.1, -0.05) is 80.0 Å². The minimum absolute atomic E-state index is 0.179. The summed E-state index contributed by atoms with van der Waals surface area (Å²) in [5.74, 6) is -0.179. The Morgan fingerprint density at radius 3 is 1.95 bits per heavy atom. The van der Waals surface area contributed by atoms with E-state index in [1.54, 1.807) is 0 Å². The molecule has 0 aliphatic carbocycles. The third-order valence-corrected chi connectivity index (χ3v) is 2.93. The van der Waals surface area contributed by atoms with E-state index in [2.05, 4.69) is 18.2 Å². The molecule has 22 heavy (non-hydrogen) atoms. The molecular weight excluding hydrogens is 272 g/mol. The summed E-state index contributed by atoms with van der Waals surface area (Å²) in [6.07, 6.45) is 27.4. The van der Waals surface area contributed by atoms with E-state index in [9.17, 15) is 4.79 Å². The van der Waals surface area contributed by atoms with Crippen molar-refractivity contribution in [2.24, 2.45) is 0 Å². The summed E-state index contributed by atoms with van der Waals surface area (Å²) >= 11 is 0. The average molecular weight is 302 g/mol. The van der Waals surface area contributed by atoms with Crippen LogP contribution in [0.25, 0.3) is 0 Å². The lowest BCUT2D eigenvalue weighted by atomic mass is 10.1. The van der Waals surface area contributed by atoms with Crippen LogP contribution >= 0.6 is 0 Å². The van der Waals surface area contributed by atoms with Gasteiger partial charge in [-0.15, -0.1) is 0 Å². The van der Waals surface area contributed by atoms with E-state index in [1.807, 2.05) is 49.5 Å². The summed E-state index contributed by atoms with van der Waals surface area (Å²) in [5.41, 5.74) is 0. The van der Waals surface area contributed by atoms with E-state index in [0.717, 1.165) is 19.3 Å². The molecule has 0 bridgehead atoms. The molecule has 0 aromatic carbocycles. The zero-order valence-electron chi connectivity index (χ0n) is 14.0. The Kier molecular flexibility index (Phi) is 15.8. The zero-order chi connectivity index (χ0) is 16.3. The third-order valence-electron chi connectivity index (χ3n) is 2.93. The highest BCUT2D eigenvalue weighted by Crippen LogP contribution is 2.06. The largest absolute Gasteiger partial charge is 0.466 e. The molecule has 2 heteroatoms. The second kappa shape index (κ2) is 17.2. The highest BCUT2D eigenvalue weighted by Gasteiger charge is 1.93. The molecule has 0 rings (SSSR count). The Bertz CT molecular complexity index is 398. The standard InChI is InChI=1S/C20H30O2/c1-3-4-5-6-7-8-9-10-11-12-13-14-15-16-17-18-19-22-20(2)21/h3-12H,13-19H2,1-2H3/b4-3+,6-5+,8-7+,10-9+,12-11+. The maximum Gasteiger partial charge on any atom is 0.302 e. The van der Waals surface area contributed by atoms with Gasteiger partial charge in [-0.2, -0.15) is 0 Å². The number of carbonyl (C=O) groups is 1. The van der Waals surface area contributed by atoms with Gasteiger partial charge >= 0.3 is 5.97 Å². The lowest BCUT2D eigenvalue weighted by Gasteiger charge is -2.01. The highest BCUT2D eigenvalue weighted by atomic mass is 16.5. The molecule has 0 aliphatic heterocycles. The minimum Gasteiger partial charge on any atom is -0.466 e. The Hall–Kier alpha value is -1.83. The normalized spacial score (nSPS) is 12.6. The average Bonchev–Trinajstić information content (AvgIpc) is 2.50. The molecule has 0 N–H and O–H groups in total. The van der Waals surface area contributed by atoms with Crippen LogP contribution in [0, 0.1) is 0 Å². The SMILES string of the molecule is C/C=C/C=C/C=C/C=C/C=C/CCCCCCCOC(C)=O. The molecule has 0 fully saturated rings. The molecule has 0 aromatic rings. The van der Waals surface area contributed by atoms with Crippen LogP contribution in [-0.2, 0) is 9.53 Å². The molecule has 0 unspecified atom stereocenters. The van der Waals surface area contributed by atoms with Crippen LogP contribution in [0.3, 0.4) is 0 Å². The van der Waals surface area contributed by atoms with Crippen molar-refractivity contribution in [3.63, 3.8) is 0 Å². The molecule has 0 spiro atoms. The number of esters is 1. The molecule has 0 aromatic heterocycles. The summed E-state index contributed by atoms with van der Waals surface area (Å²) in [5, 5.41) is 0. The predicted octanol–water partition coefficient (Wildman–Crippen LogP) is 5.69. The second-order valence-corrected chi connectivity index (χ2v) is 5.01. The van der Waals surface area contributed by atoms with E-state index < -0.39 is 0 Å². The quantitative estimate of drug-likeness (QED) is 0.263. The van der Waals surface area contributed by atoms with E-state index in [4.69, 9.17) is 4.74 Å². The number of rotatable bonds is 12. The van der Waals surface area contributed by atoms with Crippen LogP contribution in [0.15, 0.2) is 60.8 Å². The van der Waals surface area contributed by atoms with Gasteiger partial charge in [0.2, 0.25) is 0 Å². The molecule has 0 saturated carbocycles. The summed E-state index contributed by atoms with van der Waals surface area (Å²) in [4.78, 5) is 10.6. The van der Waals surface area contributed by atoms with Crippen LogP contribution in [-0.4, -0.2) is 12.6 Å². The molecule has 2 nitrogen and oxygen atoms in total. The molecule has 122 valence electrons. The fourth-order valence-corrected chi connectivity index (χ4v) is 1.78. The fourth-order valence-electron chi connectivity index (χ4n) is 1.78. The number of hydrogen-bond donors (Lipinski definition) is 0. The number of hydrogen-bond acceptors (Lipinski definition) is 2. The van der Waals surface area contributed by atoms with Crippen LogP contribution < -0.4 is 0 Å². The van der Waals surface area contributed by atoms with Crippen molar-refractivity contribution in [1.82, 2.24) is 0 Å². The number of ether oxygens (including phenoxy) is 1. The van der Waals surface area contributed by atoms with Crippen LogP contribution in [0.2, 0.25) is 0 Å². The van der Waals surface area contributed by atoms with E-state index in [1.165, 1.54) is 26.2 Å². The molecular formula is C20H30O2. The van der Waals surface area contributed by atoms with Crippen LogP contribution in [0.4, 0.5) is 0 Å². The van der Waals surface area contributed by atoms with Crippen molar-refractivity contribution in [3.8, 4) is 0 Å². The topological polar surface area (TPSA) is 26.3 Å². The maximum atomic E-state index is 10.6. The first kappa shape index (κ1) is 20.2. The Balaban J connectivity index is 3.38. The monoisotopic (exact) mass is 302 g/mol. The summed E-state index contributed by atoms with van der Waals surface area (Å²) in [6, 6.07) is 0. The van der Waals surface area contributed by atoms with Gasteiger partial charge in [0, 0.05) is 6.92 Å². The van der Waals surface area contributed by atoms with E-state index in [0.29, 0.717) is 6.61 Å². The second-order valence-electron chi connectivity index (χ2n) is 5.01. The van der Waals surface area contributed by atoms with Crippen molar-refractivity contribution in [2.45, 2.75) is 52.4 Å². The molecule has 0 radical (unpaired) electrons. The molecule has 0 heterocycles. The van der Waals surface area contributed by atoms with Crippen molar-refractivity contribution in [1.29, 1.82) is 0 Å². The van der Waals surface area contributed by atoms with E-state index >= 15 is 0 Å². The van der Waals surface area contributed by atoms with Crippen LogP contribution in [0.5, 0.6) is 0 Å². The predicted molar refractivity (Wildman–Crippen MR) is 95.7 cm³/mol. The lowest BCUT2D eigenvalue weighted by molar-refractivity contribution is -0.141. The van der Waals surface area contributed by atoms with Gasteiger partial charge < -0.3 is 4.74 Å².